The summed E-state index contributed by atoms with van der Waals surface area (Å²) in [6, 6.07) is 11.0. The van der Waals surface area contributed by atoms with Crippen LogP contribution in [-0.2, 0) is 11.3 Å². The lowest BCUT2D eigenvalue weighted by molar-refractivity contribution is -0.385. The molecule has 1 heterocycles. The summed E-state index contributed by atoms with van der Waals surface area (Å²) < 4.78 is 19.7. The standard InChI is InChI=1S/C19H19FN4O5/c20-15-11-16(24(27)28)14(18(21)25)10-17(15)22-6-8-23(9-7-22)19(26)29-12-13-4-2-1-3-5-13/h1-5,10-11H,6-9,12H2,(H2,21,25). The molecule has 1 fully saturated rings. The molecule has 1 saturated heterocycles. The number of halogens is 1. The number of piperazine rings is 1. The highest BCUT2D eigenvalue weighted by atomic mass is 19.1. The van der Waals surface area contributed by atoms with Crippen molar-refractivity contribution >= 4 is 23.4 Å². The summed E-state index contributed by atoms with van der Waals surface area (Å²) in [5.74, 6) is -1.84. The maximum absolute atomic E-state index is 14.4. The second-order valence-corrected chi connectivity index (χ2v) is 6.46. The molecule has 0 aliphatic carbocycles. The van der Waals surface area contributed by atoms with Gasteiger partial charge in [0, 0.05) is 26.2 Å². The lowest BCUT2D eigenvalue weighted by Crippen LogP contribution is -2.49. The third kappa shape index (κ3) is 4.60. The van der Waals surface area contributed by atoms with Crippen LogP contribution in [0.4, 0.5) is 20.6 Å². The predicted octanol–water partition coefficient (Wildman–Crippen LogP) is 2.29. The van der Waals surface area contributed by atoms with E-state index < -0.39 is 28.4 Å². The Morgan fingerprint density at radius 2 is 1.79 bits per heavy atom. The first-order valence-corrected chi connectivity index (χ1v) is 8.85. The molecule has 29 heavy (non-hydrogen) atoms. The Kier molecular flexibility index (Phi) is 5.91. The van der Waals surface area contributed by atoms with Gasteiger partial charge in [0.25, 0.3) is 11.6 Å². The van der Waals surface area contributed by atoms with Crippen LogP contribution in [0.15, 0.2) is 42.5 Å². The summed E-state index contributed by atoms with van der Waals surface area (Å²) in [6.45, 7) is 1.24. The Hall–Kier alpha value is -3.69. The fourth-order valence-corrected chi connectivity index (χ4v) is 3.08. The summed E-state index contributed by atoms with van der Waals surface area (Å²) in [4.78, 5) is 37.0. The number of anilines is 1. The monoisotopic (exact) mass is 402 g/mol. The third-order valence-corrected chi connectivity index (χ3v) is 4.61. The van der Waals surface area contributed by atoms with E-state index in [9.17, 15) is 24.1 Å². The molecule has 0 bridgehead atoms. The number of carbonyl (C=O) groups excluding carboxylic acids is 2. The van der Waals surface area contributed by atoms with Crippen molar-refractivity contribution in [2.45, 2.75) is 6.61 Å². The van der Waals surface area contributed by atoms with Crippen molar-refractivity contribution in [3.63, 3.8) is 0 Å². The van der Waals surface area contributed by atoms with Crippen molar-refractivity contribution in [3.05, 3.63) is 69.5 Å². The smallest absolute Gasteiger partial charge is 0.410 e. The number of nitrogens with two attached hydrogens (primary N) is 1. The number of hydrogen-bond acceptors (Lipinski definition) is 6. The zero-order chi connectivity index (χ0) is 21.0. The van der Waals surface area contributed by atoms with E-state index in [4.69, 9.17) is 10.5 Å². The Morgan fingerprint density at radius 1 is 1.14 bits per heavy atom. The van der Waals surface area contributed by atoms with Crippen molar-refractivity contribution < 1.29 is 23.6 Å². The fourth-order valence-electron chi connectivity index (χ4n) is 3.08. The molecule has 2 N–H and O–H groups in total. The van der Waals surface area contributed by atoms with E-state index in [-0.39, 0.29) is 44.0 Å². The van der Waals surface area contributed by atoms with Gasteiger partial charge in [-0.15, -0.1) is 0 Å². The molecule has 2 amide bonds. The molecule has 1 aliphatic heterocycles. The highest BCUT2D eigenvalue weighted by molar-refractivity contribution is 5.98. The zero-order valence-electron chi connectivity index (χ0n) is 15.4. The number of rotatable bonds is 5. The van der Waals surface area contributed by atoms with Crippen LogP contribution in [0.2, 0.25) is 0 Å². The molecule has 9 nitrogen and oxygen atoms in total. The van der Waals surface area contributed by atoms with Gasteiger partial charge in [-0.05, 0) is 11.6 Å². The van der Waals surface area contributed by atoms with E-state index in [2.05, 4.69) is 0 Å². The van der Waals surface area contributed by atoms with Crippen LogP contribution in [0.25, 0.3) is 0 Å². The van der Waals surface area contributed by atoms with Crippen LogP contribution in [0.1, 0.15) is 15.9 Å². The van der Waals surface area contributed by atoms with Crippen molar-refractivity contribution in [2.75, 3.05) is 31.1 Å². The number of primary amides is 1. The second-order valence-electron chi connectivity index (χ2n) is 6.46. The van der Waals surface area contributed by atoms with Crippen LogP contribution in [0.5, 0.6) is 0 Å². The van der Waals surface area contributed by atoms with Gasteiger partial charge in [-0.3, -0.25) is 14.9 Å². The normalized spacial score (nSPS) is 13.8. The molecule has 152 valence electrons. The van der Waals surface area contributed by atoms with Crippen LogP contribution in [-0.4, -0.2) is 48.0 Å². The van der Waals surface area contributed by atoms with Crippen LogP contribution in [0, 0.1) is 15.9 Å². The van der Waals surface area contributed by atoms with E-state index in [1.54, 1.807) is 4.90 Å². The van der Waals surface area contributed by atoms with Gasteiger partial charge in [0.2, 0.25) is 0 Å². The first-order chi connectivity index (χ1) is 13.9. The minimum absolute atomic E-state index is 0.0294. The minimum Gasteiger partial charge on any atom is -0.445 e. The van der Waals surface area contributed by atoms with Crippen LogP contribution < -0.4 is 10.6 Å². The number of nitro benzene ring substituents is 1. The highest BCUT2D eigenvalue weighted by Gasteiger charge is 2.28. The van der Waals surface area contributed by atoms with Gasteiger partial charge >= 0.3 is 6.09 Å². The molecular weight excluding hydrogens is 383 g/mol. The Balaban J connectivity index is 1.64. The Labute approximate surface area is 165 Å². The van der Waals surface area contributed by atoms with E-state index >= 15 is 0 Å². The molecule has 0 unspecified atom stereocenters. The summed E-state index contributed by atoms with van der Waals surface area (Å²) in [5, 5.41) is 11.0. The number of benzene rings is 2. The number of nitro groups is 1. The summed E-state index contributed by atoms with van der Waals surface area (Å²) in [7, 11) is 0. The molecule has 0 radical (unpaired) electrons. The van der Waals surface area contributed by atoms with Gasteiger partial charge in [-0.2, -0.15) is 0 Å². The van der Waals surface area contributed by atoms with E-state index in [0.717, 1.165) is 11.6 Å². The number of carbonyl (C=O) groups is 2. The number of nitrogens with zero attached hydrogens (tertiary/aromatic N) is 3. The topological polar surface area (TPSA) is 119 Å². The number of hydrogen-bond donors (Lipinski definition) is 1. The molecular formula is C19H19FN4O5. The quantitative estimate of drug-likeness (QED) is 0.605. The van der Waals surface area contributed by atoms with Crippen molar-refractivity contribution in [1.29, 1.82) is 0 Å². The van der Waals surface area contributed by atoms with Crippen molar-refractivity contribution in [3.8, 4) is 0 Å². The van der Waals surface area contributed by atoms with Crippen molar-refractivity contribution in [2.24, 2.45) is 5.73 Å². The molecule has 2 aromatic carbocycles. The third-order valence-electron chi connectivity index (χ3n) is 4.61. The predicted molar refractivity (Wildman–Crippen MR) is 102 cm³/mol. The van der Waals surface area contributed by atoms with E-state index in [1.165, 1.54) is 4.90 Å². The Morgan fingerprint density at radius 3 is 2.38 bits per heavy atom. The number of ether oxygens (including phenoxy) is 1. The maximum Gasteiger partial charge on any atom is 0.410 e. The van der Waals surface area contributed by atoms with Gasteiger partial charge in [0.1, 0.15) is 12.2 Å². The van der Waals surface area contributed by atoms with Crippen molar-refractivity contribution in [1.82, 2.24) is 4.90 Å². The molecule has 0 saturated carbocycles. The van der Waals surface area contributed by atoms with E-state index in [0.29, 0.717) is 6.07 Å². The SMILES string of the molecule is NC(=O)c1cc(N2CCN(C(=O)OCc3ccccc3)CC2)c(F)cc1[N+](=O)[O-]. The first-order valence-electron chi connectivity index (χ1n) is 8.85. The van der Waals surface area contributed by atoms with Gasteiger partial charge in [-0.1, -0.05) is 30.3 Å². The largest absolute Gasteiger partial charge is 0.445 e. The Bertz CT molecular complexity index is 930. The maximum atomic E-state index is 14.4. The highest BCUT2D eigenvalue weighted by Crippen LogP contribution is 2.29. The summed E-state index contributed by atoms with van der Waals surface area (Å²) in [6.07, 6.45) is -0.476. The van der Waals surface area contributed by atoms with Gasteiger partial charge < -0.3 is 20.3 Å². The molecule has 0 spiro atoms. The summed E-state index contributed by atoms with van der Waals surface area (Å²) in [5.41, 5.74) is 5.04. The average molecular weight is 402 g/mol. The number of amides is 2. The molecule has 3 rings (SSSR count). The molecule has 0 atom stereocenters. The lowest BCUT2D eigenvalue weighted by Gasteiger charge is -2.35. The second kappa shape index (κ2) is 8.55. The van der Waals surface area contributed by atoms with E-state index in [1.807, 2.05) is 30.3 Å². The summed E-state index contributed by atoms with van der Waals surface area (Å²) >= 11 is 0. The zero-order valence-corrected chi connectivity index (χ0v) is 15.4. The minimum atomic E-state index is -1.01. The van der Waals surface area contributed by atoms with Gasteiger partial charge in [0.15, 0.2) is 5.82 Å². The van der Waals surface area contributed by atoms with Gasteiger partial charge in [0.05, 0.1) is 16.7 Å². The van der Waals surface area contributed by atoms with Gasteiger partial charge in [-0.25, -0.2) is 9.18 Å². The van der Waals surface area contributed by atoms with Crippen LogP contribution in [0.3, 0.4) is 0 Å². The lowest BCUT2D eigenvalue weighted by atomic mass is 10.1. The fraction of sp³-hybridized carbons (Fsp3) is 0.263. The molecule has 2 aromatic rings. The molecule has 0 aromatic heterocycles. The van der Waals surface area contributed by atoms with Crippen LogP contribution >= 0.6 is 0 Å². The average Bonchev–Trinajstić information content (AvgIpc) is 2.72. The molecule has 1 aliphatic rings. The molecule has 10 heteroatoms. The first kappa shape index (κ1) is 20.1.